The molecular weight excluding hydrogens is 455 g/mol. The molecule has 0 N–H and O–H groups in total. The van der Waals surface area contributed by atoms with E-state index in [1.807, 2.05) is 60.7 Å². The number of carbonyl (C=O) groups excluding carboxylic acids is 1. The fraction of sp³-hybridized carbons (Fsp3) is 0.0357. The first-order valence-corrected chi connectivity index (χ1v) is 11.5. The molecule has 0 saturated heterocycles. The number of Topliss-reactive ketones (excluding diaryl/α,β-unsaturated/α-hetero) is 1. The molecule has 0 amide bonds. The normalized spacial score (nSPS) is 11.3. The lowest BCUT2D eigenvalue weighted by Gasteiger charge is -2.12. The molecule has 164 valence electrons. The summed E-state index contributed by atoms with van der Waals surface area (Å²) in [5.74, 6) is 0.190. The molecule has 2 nitrogen and oxygen atoms in total. The van der Waals surface area contributed by atoms with Gasteiger partial charge < -0.3 is 4.74 Å². The molecule has 0 aliphatic rings. The lowest BCUT2D eigenvalue weighted by atomic mass is 10.1. The first-order chi connectivity index (χ1) is 16.1. The van der Waals surface area contributed by atoms with Crippen LogP contribution in [0.5, 0.6) is 5.75 Å². The van der Waals surface area contributed by atoms with E-state index in [0.29, 0.717) is 27.8 Å². The summed E-state index contributed by atoms with van der Waals surface area (Å²) in [4.78, 5) is 14.6. The predicted octanol–water partition coefficient (Wildman–Crippen LogP) is 8.07. The molecule has 0 saturated carbocycles. The second-order valence-electron chi connectivity index (χ2n) is 7.21. The third-order valence-electron chi connectivity index (χ3n) is 4.81. The van der Waals surface area contributed by atoms with Gasteiger partial charge in [0.05, 0.1) is 4.91 Å². The third kappa shape index (κ3) is 6.35. The Morgan fingerprint density at radius 2 is 1.52 bits per heavy atom. The average molecular weight is 475 g/mol. The minimum atomic E-state index is -0.325. The second kappa shape index (κ2) is 11.0. The topological polar surface area (TPSA) is 26.3 Å². The van der Waals surface area contributed by atoms with E-state index < -0.39 is 0 Å². The predicted molar refractivity (Wildman–Crippen MR) is 133 cm³/mol. The van der Waals surface area contributed by atoms with Gasteiger partial charge in [-0.25, -0.2) is 4.39 Å². The molecule has 0 aromatic heterocycles. The van der Waals surface area contributed by atoms with E-state index in [0.717, 1.165) is 16.0 Å². The molecule has 0 aliphatic carbocycles. The summed E-state index contributed by atoms with van der Waals surface area (Å²) < 4.78 is 19.4. The van der Waals surface area contributed by atoms with E-state index in [4.69, 9.17) is 16.3 Å². The first-order valence-electron chi connectivity index (χ1n) is 10.3. The summed E-state index contributed by atoms with van der Waals surface area (Å²) in [6.45, 7) is 0.414. The fourth-order valence-corrected chi connectivity index (χ4v) is 4.17. The number of benzene rings is 4. The standard InChI is InChI=1S/C28H20ClFO2S/c29-23-12-10-21(11-13-23)28(31)27(33-25-16-14-24(30)15-17-25)18-22-8-4-5-9-26(22)32-19-20-6-2-1-3-7-20/h1-18H,19H2. The molecule has 5 heteroatoms. The molecule has 4 rings (SSSR count). The zero-order valence-corrected chi connectivity index (χ0v) is 19.2. The summed E-state index contributed by atoms with van der Waals surface area (Å²) in [6.07, 6.45) is 1.81. The Labute approximate surface area is 201 Å². The van der Waals surface area contributed by atoms with E-state index in [1.165, 1.54) is 23.9 Å². The highest BCUT2D eigenvalue weighted by atomic mass is 35.5. The zero-order chi connectivity index (χ0) is 23.0. The van der Waals surface area contributed by atoms with Crippen molar-refractivity contribution in [2.75, 3.05) is 0 Å². The molecule has 0 heterocycles. The largest absolute Gasteiger partial charge is 0.488 e. The molecule has 0 unspecified atom stereocenters. The number of ketones is 1. The molecule has 33 heavy (non-hydrogen) atoms. The van der Waals surface area contributed by atoms with Crippen LogP contribution in [0, 0.1) is 5.82 Å². The number of ether oxygens (including phenoxy) is 1. The van der Waals surface area contributed by atoms with Crippen molar-refractivity contribution in [1.29, 1.82) is 0 Å². The summed E-state index contributed by atoms with van der Waals surface area (Å²) in [7, 11) is 0. The van der Waals surface area contributed by atoms with Crippen molar-refractivity contribution in [2.24, 2.45) is 0 Å². The number of halogens is 2. The van der Waals surface area contributed by atoms with Crippen LogP contribution in [0.25, 0.3) is 6.08 Å². The van der Waals surface area contributed by atoms with Crippen LogP contribution in [0.4, 0.5) is 4.39 Å². The molecular formula is C28H20ClFO2S. The highest BCUT2D eigenvalue weighted by molar-refractivity contribution is 8.04. The van der Waals surface area contributed by atoms with Crippen molar-refractivity contribution in [3.63, 3.8) is 0 Å². The van der Waals surface area contributed by atoms with Crippen LogP contribution < -0.4 is 4.74 Å². The van der Waals surface area contributed by atoms with Gasteiger partial charge in [-0.1, -0.05) is 71.9 Å². The Morgan fingerprint density at radius 1 is 0.848 bits per heavy atom. The molecule has 0 atom stereocenters. The maximum absolute atomic E-state index is 13.4. The van der Waals surface area contributed by atoms with Crippen molar-refractivity contribution in [3.05, 3.63) is 136 Å². The average Bonchev–Trinajstić information content (AvgIpc) is 2.85. The fourth-order valence-electron chi connectivity index (χ4n) is 3.12. The number of para-hydroxylation sites is 1. The number of rotatable bonds is 8. The highest BCUT2D eigenvalue weighted by Crippen LogP contribution is 2.33. The van der Waals surface area contributed by atoms with Gasteiger partial charge in [-0.05, 0) is 66.2 Å². The van der Waals surface area contributed by atoms with Crippen molar-refractivity contribution < 1.29 is 13.9 Å². The van der Waals surface area contributed by atoms with E-state index in [-0.39, 0.29) is 11.6 Å². The van der Waals surface area contributed by atoms with Crippen molar-refractivity contribution in [2.45, 2.75) is 11.5 Å². The lowest BCUT2D eigenvalue weighted by Crippen LogP contribution is -2.02. The minimum Gasteiger partial charge on any atom is -0.488 e. The Bertz CT molecular complexity index is 1250. The van der Waals surface area contributed by atoms with E-state index in [9.17, 15) is 9.18 Å². The maximum Gasteiger partial charge on any atom is 0.199 e. The maximum atomic E-state index is 13.4. The quantitative estimate of drug-likeness (QED) is 0.147. The Balaban J connectivity index is 1.67. The molecule has 0 fully saturated rings. The van der Waals surface area contributed by atoms with Gasteiger partial charge in [-0.15, -0.1) is 0 Å². The van der Waals surface area contributed by atoms with Gasteiger partial charge in [-0.3, -0.25) is 4.79 Å². The van der Waals surface area contributed by atoms with Gasteiger partial charge >= 0.3 is 0 Å². The van der Waals surface area contributed by atoms with Gasteiger partial charge in [0.1, 0.15) is 18.2 Å². The van der Waals surface area contributed by atoms with E-state index in [2.05, 4.69) is 0 Å². The number of thioether (sulfide) groups is 1. The second-order valence-corrected chi connectivity index (χ2v) is 8.76. The zero-order valence-electron chi connectivity index (χ0n) is 17.6. The molecule has 0 bridgehead atoms. The lowest BCUT2D eigenvalue weighted by molar-refractivity contribution is 0.104. The van der Waals surface area contributed by atoms with Gasteiger partial charge in [0, 0.05) is 21.0 Å². The highest BCUT2D eigenvalue weighted by Gasteiger charge is 2.16. The van der Waals surface area contributed by atoms with Gasteiger partial charge in [0.2, 0.25) is 0 Å². The van der Waals surface area contributed by atoms with E-state index in [1.54, 1.807) is 36.4 Å². The van der Waals surface area contributed by atoms with Crippen LogP contribution in [0.2, 0.25) is 5.02 Å². The number of allylic oxidation sites excluding steroid dienone is 1. The number of carbonyl (C=O) groups is 1. The first kappa shape index (κ1) is 22.8. The summed E-state index contributed by atoms with van der Waals surface area (Å²) >= 11 is 7.27. The monoisotopic (exact) mass is 474 g/mol. The third-order valence-corrected chi connectivity index (χ3v) is 6.10. The van der Waals surface area contributed by atoms with Crippen LogP contribution in [-0.2, 0) is 6.61 Å². The van der Waals surface area contributed by atoms with Gasteiger partial charge in [-0.2, -0.15) is 0 Å². The van der Waals surface area contributed by atoms with Crippen LogP contribution in [0.3, 0.4) is 0 Å². The Morgan fingerprint density at radius 3 is 2.24 bits per heavy atom. The Hall–Kier alpha value is -3.34. The van der Waals surface area contributed by atoms with Crippen LogP contribution in [0.15, 0.2) is 113 Å². The van der Waals surface area contributed by atoms with Crippen molar-refractivity contribution in [1.82, 2.24) is 0 Å². The van der Waals surface area contributed by atoms with Crippen LogP contribution in [-0.4, -0.2) is 5.78 Å². The summed E-state index contributed by atoms with van der Waals surface area (Å²) in [5, 5.41) is 0.558. The molecule has 4 aromatic carbocycles. The molecule has 0 radical (unpaired) electrons. The summed E-state index contributed by atoms with van der Waals surface area (Å²) in [6, 6.07) is 30.3. The Kier molecular flexibility index (Phi) is 7.61. The molecule has 4 aromatic rings. The van der Waals surface area contributed by atoms with Gasteiger partial charge in [0.25, 0.3) is 0 Å². The molecule has 0 aliphatic heterocycles. The van der Waals surface area contributed by atoms with Crippen molar-refractivity contribution in [3.8, 4) is 5.75 Å². The van der Waals surface area contributed by atoms with E-state index >= 15 is 0 Å². The van der Waals surface area contributed by atoms with Gasteiger partial charge in [0.15, 0.2) is 5.78 Å². The number of hydrogen-bond donors (Lipinski definition) is 0. The SMILES string of the molecule is O=C(C(=Cc1ccccc1OCc1ccccc1)Sc1ccc(F)cc1)c1ccc(Cl)cc1. The molecule has 0 spiro atoms. The van der Waals surface area contributed by atoms with Crippen LogP contribution in [0.1, 0.15) is 21.5 Å². The number of hydrogen-bond acceptors (Lipinski definition) is 3. The van der Waals surface area contributed by atoms with Crippen LogP contribution >= 0.6 is 23.4 Å². The minimum absolute atomic E-state index is 0.154. The summed E-state index contributed by atoms with van der Waals surface area (Å²) in [5.41, 5.74) is 2.35. The van der Waals surface area contributed by atoms with Crippen molar-refractivity contribution >= 4 is 35.2 Å². The smallest absolute Gasteiger partial charge is 0.199 e.